The quantitative estimate of drug-likeness (QED) is 0.388. The summed E-state index contributed by atoms with van der Waals surface area (Å²) in [5.74, 6) is 6.15. The summed E-state index contributed by atoms with van der Waals surface area (Å²) >= 11 is 7.67. The molecule has 0 bridgehead atoms. The summed E-state index contributed by atoms with van der Waals surface area (Å²) in [6.07, 6.45) is 0. The van der Waals surface area contributed by atoms with E-state index in [4.69, 9.17) is 11.6 Å². The molecule has 11 heavy (non-hydrogen) atoms. The summed E-state index contributed by atoms with van der Waals surface area (Å²) in [7, 11) is 0. The summed E-state index contributed by atoms with van der Waals surface area (Å²) in [5, 5.41) is 0. The largest absolute Gasteiger partial charge is 0.113 e. The Bertz CT molecular complexity index is 296. The molecule has 0 atom stereocenters. The Morgan fingerprint density at radius 1 is 1.45 bits per heavy atom. The van der Waals surface area contributed by atoms with Gasteiger partial charge in [0.2, 0.25) is 0 Å². The lowest BCUT2D eigenvalue weighted by atomic mass is 10.2. The molecule has 0 aliphatic rings. The molecule has 1 aromatic carbocycles. The minimum absolute atomic E-state index is 0.394. The first-order valence-electron chi connectivity index (χ1n) is 3.13. The van der Waals surface area contributed by atoms with Gasteiger partial charge in [-0.15, -0.1) is 11.6 Å². The van der Waals surface area contributed by atoms with Gasteiger partial charge in [-0.25, -0.2) is 0 Å². The molecule has 0 aromatic heterocycles. The Hall–Kier alpha value is -0.200. The van der Waals surface area contributed by atoms with E-state index < -0.39 is 0 Å². The van der Waals surface area contributed by atoms with Gasteiger partial charge in [-0.2, -0.15) is 0 Å². The van der Waals surface area contributed by atoms with Gasteiger partial charge >= 0.3 is 0 Å². The van der Waals surface area contributed by atoms with Crippen LogP contribution in [0.4, 0.5) is 0 Å². The van der Waals surface area contributed by atoms with E-state index >= 15 is 0 Å². The molecule has 0 aliphatic heterocycles. The SMILES string of the molecule is ClCC#Cc1cccc(I)c1. The lowest BCUT2D eigenvalue weighted by molar-refractivity contribution is 1.59. The number of benzene rings is 1. The normalized spacial score (nSPS) is 8.55. The van der Waals surface area contributed by atoms with Crippen LogP contribution in [0.3, 0.4) is 0 Å². The van der Waals surface area contributed by atoms with E-state index in [0.717, 1.165) is 5.56 Å². The molecule has 0 heterocycles. The summed E-state index contributed by atoms with van der Waals surface area (Å²) < 4.78 is 1.20. The van der Waals surface area contributed by atoms with Gasteiger partial charge in [0.25, 0.3) is 0 Å². The standard InChI is InChI=1S/C9H6ClI/c10-6-2-4-8-3-1-5-9(11)7-8/h1,3,5,7H,6H2. The predicted molar refractivity (Wildman–Crippen MR) is 56.8 cm³/mol. The van der Waals surface area contributed by atoms with Crippen molar-refractivity contribution in [2.75, 3.05) is 5.88 Å². The molecule has 0 fully saturated rings. The van der Waals surface area contributed by atoms with E-state index in [-0.39, 0.29) is 0 Å². The van der Waals surface area contributed by atoms with Gasteiger partial charge < -0.3 is 0 Å². The first-order valence-corrected chi connectivity index (χ1v) is 4.74. The number of halogens is 2. The Morgan fingerprint density at radius 2 is 2.27 bits per heavy atom. The van der Waals surface area contributed by atoms with E-state index in [9.17, 15) is 0 Å². The molecular weight excluding hydrogens is 270 g/mol. The molecule has 0 spiro atoms. The first kappa shape index (κ1) is 8.89. The Morgan fingerprint density at radius 3 is 2.91 bits per heavy atom. The molecule has 0 saturated heterocycles. The molecule has 0 nitrogen and oxygen atoms in total. The molecule has 0 amide bonds. The summed E-state index contributed by atoms with van der Waals surface area (Å²) in [4.78, 5) is 0. The third-order valence-electron chi connectivity index (χ3n) is 1.12. The van der Waals surface area contributed by atoms with Crippen molar-refractivity contribution in [2.24, 2.45) is 0 Å². The number of alkyl halides is 1. The van der Waals surface area contributed by atoms with Crippen molar-refractivity contribution < 1.29 is 0 Å². The minimum atomic E-state index is 0.394. The molecule has 1 rings (SSSR count). The van der Waals surface area contributed by atoms with Crippen molar-refractivity contribution in [1.82, 2.24) is 0 Å². The molecule has 2 heteroatoms. The van der Waals surface area contributed by atoms with Gasteiger partial charge in [-0.05, 0) is 40.8 Å². The van der Waals surface area contributed by atoms with Gasteiger partial charge in [-0.3, -0.25) is 0 Å². The van der Waals surface area contributed by atoms with Crippen LogP contribution < -0.4 is 0 Å². The third kappa shape index (κ3) is 3.13. The average Bonchev–Trinajstić information content (AvgIpc) is 2.01. The van der Waals surface area contributed by atoms with Crippen LogP contribution in [0.2, 0.25) is 0 Å². The summed E-state index contributed by atoms with van der Waals surface area (Å²) in [6.45, 7) is 0. The van der Waals surface area contributed by atoms with Crippen molar-refractivity contribution in [3.8, 4) is 11.8 Å². The fourth-order valence-corrected chi connectivity index (χ4v) is 1.31. The van der Waals surface area contributed by atoms with Gasteiger partial charge in [0.05, 0.1) is 5.88 Å². The van der Waals surface area contributed by atoms with Crippen molar-refractivity contribution >= 4 is 34.2 Å². The van der Waals surface area contributed by atoms with Crippen molar-refractivity contribution in [1.29, 1.82) is 0 Å². The second-order valence-electron chi connectivity index (χ2n) is 1.95. The fourth-order valence-electron chi connectivity index (χ4n) is 0.702. The zero-order valence-electron chi connectivity index (χ0n) is 5.77. The van der Waals surface area contributed by atoms with E-state index in [1.165, 1.54) is 3.57 Å². The highest BCUT2D eigenvalue weighted by Crippen LogP contribution is 2.05. The van der Waals surface area contributed by atoms with E-state index in [2.05, 4.69) is 34.4 Å². The topological polar surface area (TPSA) is 0 Å². The minimum Gasteiger partial charge on any atom is -0.113 e. The predicted octanol–water partition coefficient (Wildman–Crippen LogP) is 2.88. The monoisotopic (exact) mass is 276 g/mol. The Kier molecular flexibility index (Phi) is 3.74. The van der Waals surface area contributed by atoms with Crippen LogP contribution in [-0.2, 0) is 0 Å². The number of hydrogen-bond acceptors (Lipinski definition) is 0. The molecule has 0 radical (unpaired) electrons. The van der Waals surface area contributed by atoms with Crippen LogP contribution in [0.5, 0.6) is 0 Å². The van der Waals surface area contributed by atoms with E-state index in [0.29, 0.717) is 5.88 Å². The smallest absolute Gasteiger partial charge is 0.0839 e. The maximum absolute atomic E-state index is 5.42. The van der Waals surface area contributed by atoms with Gasteiger partial charge in [0.1, 0.15) is 0 Å². The first-order chi connectivity index (χ1) is 5.33. The van der Waals surface area contributed by atoms with Crippen LogP contribution in [0.1, 0.15) is 5.56 Å². The molecule has 56 valence electrons. The molecule has 0 saturated carbocycles. The van der Waals surface area contributed by atoms with E-state index in [1.807, 2.05) is 24.3 Å². The maximum Gasteiger partial charge on any atom is 0.0839 e. The highest BCUT2D eigenvalue weighted by atomic mass is 127. The Balaban J connectivity index is 2.87. The maximum atomic E-state index is 5.42. The summed E-state index contributed by atoms with van der Waals surface area (Å²) in [5.41, 5.74) is 1.03. The van der Waals surface area contributed by atoms with Crippen molar-refractivity contribution in [2.45, 2.75) is 0 Å². The van der Waals surface area contributed by atoms with Crippen LogP contribution in [-0.4, -0.2) is 5.88 Å². The van der Waals surface area contributed by atoms with Crippen LogP contribution in [0.25, 0.3) is 0 Å². The second kappa shape index (κ2) is 4.63. The zero-order valence-corrected chi connectivity index (χ0v) is 8.69. The highest BCUT2D eigenvalue weighted by Gasteiger charge is 1.86. The lowest BCUT2D eigenvalue weighted by Crippen LogP contribution is -1.75. The highest BCUT2D eigenvalue weighted by molar-refractivity contribution is 14.1. The third-order valence-corrected chi connectivity index (χ3v) is 1.93. The van der Waals surface area contributed by atoms with Crippen molar-refractivity contribution in [3.05, 3.63) is 33.4 Å². The number of hydrogen-bond donors (Lipinski definition) is 0. The van der Waals surface area contributed by atoms with Gasteiger partial charge in [0.15, 0.2) is 0 Å². The summed E-state index contributed by atoms with van der Waals surface area (Å²) in [6, 6.07) is 8.02. The van der Waals surface area contributed by atoms with Crippen LogP contribution in [0.15, 0.2) is 24.3 Å². The molecule has 1 aromatic rings. The average molecular weight is 277 g/mol. The van der Waals surface area contributed by atoms with E-state index in [1.54, 1.807) is 0 Å². The van der Waals surface area contributed by atoms with Crippen molar-refractivity contribution in [3.63, 3.8) is 0 Å². The lowest BCUT2D eigenvalue weighted by Gasteiger charge is -1.89. The fraction of sp³-hybridized carbons (Fsp3) is 0.111. The number of rotatable bonds is 0. The zero-order chi connectivity index (χ0) is 8.10. The molecule has 0 unspecified atom stereocenters. The molecule has 0 aliphatic carbocycles. The molecule has 0 N–H and O–H groups in total. The van der Waals surface area contributed by atoms with Crippen LogP contribution >= 0.6 is 34.2 Å². The Labute approximate surface area is 85.1 Å². The second-order valence-corrected chi connectivity index (χ2v) is 3.46. The van der Waals surface area contributed by atoms with Gasteiger partial charge in [-0.1, -0.05) is 17.9 Å². The van der Waals surface area contributed by atoms with Crippen LogP contribution in [0, 0.1) is 15.4 Å². The molecular formula is C9H6ClI. The van der Waals surface area contributed by atoms with Gasteiger partial charge in [0, 0.05) is 9.13 Å².